The Morgan fingerprint density at radius 2 is 2.42 bits per heavy atom. The summed E-state index contributed by atoms with van der Waals surface area (Å²) < 4.78 is 0. The standard InChI is InChI=1S/C9H12ClNS/c10-7-5-9(12-6-7)8-3-1-2-4-11-8/h5-6,8,11H,1-4H2. The summed E-state index contributed by atoms with van der Waals surface area (Å²) in [6, 6.07) is 2.64. The van der Waals surface area contributed by atoms with Gasteiger partial charge < -0.3 is 5.32 Å². The van der Waals surface area contributed by atoms with E-state index in [1.165, 1.54) is 24.1 Å². The van der Waals surface area contributed by atoms with Crippen LogP contribution in [0, 0.1) is 0 Å². The molecule has 3 heteroatoms. The minimum atomic E-state index is 0.566. The van der Waals surface area contributed by atoms with Crippen LogP contribution in [0.15, 0.2) is 11.4 Å². The lowest BCUT2D eigenvalue weighted by molar-refractivity contribution is 0.417. The molecule has 1 saturated heterocycles. The summed E-state index contributed by atoms with van der Waals surface area (Å²) in [4.78, 5) is 1.39. The Labute approximate surface area is 81.7 Å². The first-order chi connectivity index (χ1) is 5.86. The van der Waals surface area contributed by atoms with Gasteiger partial charge in [0.05, 0.1) is 5.02 Å². The molecule has 0 saturated carbocycles. The van der Waals surface area contributed by atoms with Gasteiger partial charge in [0.2, 0.25) is 0 Å². The largest absolute Gasteiger partial charge is 0.309 e. The molecular weight excluding hydrogens is 190 g/mol. The van der Waals surface area contributed by atoms with Gasteiger partial charge in [-0.3, -0.25) is 0 Å². The summed E-state index contributed by atoms with van der Waals surface area (Å²) in [5.74, 6) is 0. The average molecular weight is 202 g/mol. The van der Waals surface area contributed by atoms with Crippen LogP contribution in [-0.2, 0) is 0 Å². The first-order valence-corrected chi connectivity index (χ1v) is 5.59. The van der Waals surface area contributed by atoms with Gasteiger partial charge in [0.1, 0.15) is 0 Å². The summed E-state index contributed by atoms with van der Waals surface area (Å²) in [5.41, 5.74) is 0. The van der Waals surface area contributed by atoms with Crippen LogP contribution in [-0.4, -0.2) is 6.54 Å². The zero-order valence-corrected chi connectivity index (χ0v) is 8.42. The molecule has 66 valence electrons. The first-order valence-electron chi connectivity index (χ1n) is 4.33. The fourth-order valence-electron chi connectivity index (χ4n) is 1.61. The van der Waals surface area contributed by atoms with Crippen molar-refractivity contribution >= 4 is 22.9 Å². The van der Waals surface area contributed by atoms with Crippen molar-refractivity contribution in [2.45, 2.75) is 25.3 Å². The summed E-state index contributed by atoms with van der Waals surface area (Å²) in [6.45, 7) is 1.15. The highest BCUT2D eigenvalue weighted by Gasteiger charge is 2.15. The molecule has 1 nitrogen and oxygen atoms in total. The van der Waals surface area contributed by atoms with E-state index in [0.29, 0.717) is 6.04 Å². The first kappa shape index (κ1) is 8.54. The zero-order chi connectivity index (χ0) is 8.39. The van der Waals surface area contributed by atoms with Gasteiger partial charge >= 0.3 is 0 Å². The van der Waals surface area contributed by atoms with Gasteiger partial charge in [-0.25, -0.2) is 0 Å². The van der Waals surface area contributed by atoms with Crippen LogP contribution in [0.2, 0.25) is 5.02 Å². The number of nitrogens with one attached hydrogen (secondary N) is 1. The van der Waals surface area contributed by atoms with Crippen molar-refractivity contribution in [2.75, 3.05) is 6.54 Å². The van der Waals surface area contributed by atoms with Crippen molar-refractivity contribution in [1.29, 1.82) is 0 Å². The van der Waals surface area contributed by atoms with Gasteiger partial charge in [-0.05, 0) is 25.5 Å². The summed E-state index contributed by atoms with van der Waals surface area (Å²) >= 11 is 7.62. The summed E-state index contributed by atoms with van der Waals surface area (Å²) in [7, 11) is 0. The van der Waals surface area contributed by atoms with Gasteiger partial charge in [0.15, 0.2) is 0 Å². The van der Waals surface area contributed by atoms with E-state index in [2.05, 4.69) is 11.4 Å². The monoisotopic (exact) mass is 201 g/mol. The van der Waals surface area contributed by atoms with Crippen molar-refractivity contribution in [2.24, 2.45) is 0 Å². The van der Waals surface area contributed by atoms with Crippen LogP contribution in [0.4, 0.5) is 0 Å². The molecule has 0 radical (unpaired) electrons. The van der Waals surface area contributed by atoms with Crippen molar-refractivity contribution in [3.63, 3.8) is 0 Å². The highest BCUT2D eigenvalue weighted by molar-refractivity contribution is 7.10. The minimum absolute atomic E-state index is 0.566. The third-order valence-electron chi connectivity index (χ3n) is 2.24. The Bertz CT molecular complexity index is 253. The molecule has 1 aliphatic heterocycles. The number of thiophene rings is 1. The number of piperidine rings is 1. The number of rotatable bonds is 1. The fraction of sp³-hybridized carbons (Fsp3) is 0.556. The van der Waals surface area contributed by atoms with E-state index < -0.39 is 0 Å². The van der Waals surface area contributed by atoms with Crippen LogP contribution < -0.4 is 5.32 Å². The maximum Gasteiger partial charge on any atom is 0.0516 e. The van der Waals surface area contributed by atoms with Crippen LogP contribution in [0.5, 0.6) is 0 Å². The Balaban J connectivity index is 2.08. The molecule has 1 unspecified atom stereocenters. The van der Waals surface area contributed by atoms with Crippen LogP contribution >= 0.6 is 22.9 Å². The second-order valence-electron chi connectivity index (χ2n) is 3.17. The fourth-order valence-corrected chi connectivity index (χ4v) is 2.80. The van der Waals surface area contributed by atoms with Gasteiger partial charge in [-0.2, -0.15) is 0 Å². The molecule has 0 aromatic carbocycles. The third-order valence-corrected chi connectivity index (χ3v) is 3.64. The minimum Gasteiger partial charge on any atom is -0.309 e. The van der Waals surface area contributed by atoms with Gasteiger partial charge in [-0.1, -0.05) is 18.0 Å². The summed E-state index contributed by atoms with van der Waals surface area (Å²) in [6.07, 6.45) is 3.92. The van der Waals surface area contributed by atoms with Gasteiger partial charge in [0.25, 0.3) is 0 Å². The lowest BCUT2D eigenvalue weighted by Crippen LogP contribution is -2.25. The van der Waals surface area contributed by atoms with E-state index in [0.717, 1.165) is 11.6 Å². The maximum absolute atomic E-state index is 5.86. The third kappa shape index (κ3) is 1.82. The average Bonchev–Trinajstić information content (AvgIpc) is 2.54. The van der Waals surface area contributed by atoms with Crippen LogP contribution in [0.1, 0.15) is 30.2 Å². The van der Waals surface area contributed by atoms with E-state index in [9.17, 15) is 0 Å². The quantitative estimate of drug-likeness (QED) is 0.736. The predicted molar refractivity (Wildman–Crippen MR) is 53.9 cm³/mol. The number of halogens is 1. The molecule has 1 N–H and O–H groups in total. The van der Waals surface area contributed by atoms with E-state index in [1.807, 2.05) is 5.38 Å². The molecule has 0 amide bonds. The van der Waals surface area contributed by atoms with Crippen molar-refractivity contribution in [3.05, 3.63) is 21.3 Å². The molecule has 0 aliphatic carbocycles. The number of hydrogen-bond donors (Lipinski definition) is 1. The molecule has 1 fully saturated rings. The number of hydrogen-bond acceptors (Lipinski definition) is 2. The van der Waals surface area contributed by atoms with Crippen molar-refractivity contribution in [1.82, 2.24) is 5.32 Å². The second-order valence-corrected chi connectivity index (χ2v) is 4.55. The van der Waals surface area contributed by atoms with Crippen LogP contribution in [0.25, 0.3) is 0 Å². The maximum atomic E-state index is 5.86. The lowest BCUT2D eigenvalue weighted by Gasteiger charge is -2.21. The topological polar surface area (TPSA) is 12.0 Å². The van der Waals surface area contributed by atoms with Crippen molar-refractivity contribution < 1.29 is 0 Å². The van der Waals surface area contributed by atoms with E-state index in [-0.39, 0.29) is 0 Å². The molecule has 0 bridgehead atoms. The molecule has 2 rings (SSSR count). The highest BCUT2D eigenvalue weighted by Crippen LogP contribution is 2.29. The molecule has 1 atom stereocenters. The Morgan fingerprint density at radius 1 is 1.50 bits per heavy atom. The smallest absolute Gasteiger partial charge is 0.0516 e. The van der Waals surface area contributed by atoms with E-state index in [1.54, 1.807) is 11.3 Å². The predicted octanol–water partition coefficient (Wildman–Crippen LogP) is 3.22. The molecule has 2 heterocycles. The Kier molecular flexibility index (Phi) is 2.69. The molecule has 12 heavy (non-hydrogen) atoms. The Hall–Kier alpha value is -0.0500. The molecule has 1 aromatic rings. The van der Waals surface area contributed by atoms with Crippen molar-refractivity contribution in [3.8, 4) is 0 Å². The zero-order valence-electron chi connectivity index (χ0n) is 6.85. The molecule has 0 spiro atoms. The normalized spacial score (nSPS) is 24.2. The van der Waals surface area contributed by atoms with E-state index in [4.69, 9.17) is 11.6 Å². The lowest BCUT2D eigenvalue weighted by atomic mass is 10.0. The van der Waals surface area contributed by atoms with Gasteiger partial charge in [-0.15, -0.1) is 11.3 Å². The second kappa shape index (κ2) is 3.77. The SMILES string of the molecule is Clc1csc(C2CCCCN2)c1. The van der Waals surface area contributed by atoms with Crippen LogP contribution in [0.3, 0.4) is 0 Å². The molecule has 1 aliphatic rings. The van der Waals surface area contributed by atoms with E-state index >= 15 is 0 Å². The molecule has 1 aromatic heterocycles. The molecular formula is C9H12ClNS. The summed E-state index contributed by atoms with van der Waals surface area (Å²) in [5, 5.41) is 6.38. The van der Waals surface area contributed by atoms with Gasteiger partial charge in [0, 0.05) is 16.3 Å². The highest BCUT2D eigenvalue weighted by atomic mass is 35.5. The Morgan fingerprint density at radius 3 is 3.00 bits per heavy atom.